The monoisotopic (exact) mass is 274 g/mol. The smallest absolute Gasteiger partial charge is 0.230 e. The van der Waals surface area contributed by atoms with Crippen LogP contribution >= 0.6 is 11.3 Å². The van der Waals surface area contributed by atoms with E-state index in [2.05, 4.69) is 20.3 Å². The molecule has 0 aromatic carbocycles. The number of carbonyl (C=O) groups excluding carboxylic acids is 1. The number of hydrogen-bond acceptors (Lipinski definition) is 5. The van der Waals surface area contributed by atoms with Crippen LogP contribution in [-0.4, -0.2) is 20.9 Å². The molecule has 3 rings (SSSR count). The van der Waals surface area contributed by atoms with E-state index in [4.69, 9.17) is 0 Å². The highest BCUT2D eigenvalue weighted by atomic mass is 32.1. The Morgan fingerprint density at radius 1 is 1.42 bits per heavy atom. The first-order valence-corrected chi connectivity index (χ1v) is 7.07. The molecule has 5 nitrogen and oxygen atoms in total. The van der Waals surface area contributed by atoms with Crippen LogP contribution in [0.1, 0.15) is 22.0 Å². The van der Waals surface area contributed by atoms with Crippen molar-refractivity contribution in [1.82, 2.24) is 15.0 Å². The van der Waals surface area contributed by atoms with Crippen molar-refractivity contribution < 1.29 is 4.79 Å². The summed E-state index contributed by atoms with van der Waals surface area (Å²) in [5.74, 6) is 0.373. The topological polar surface area (TPSA) is 67.8 Å². The second-order valence-electron chi connectivity index (χ2n) is 4.60. The Morgan fingerprint density at radius 3 is 3.00 bits per heavy atom. The number of rotatable bonds is 2. The summed E-state index contributed by atoms with van der Waals surface area (Å²) in [4.78, 5) is 25.9. The Morgan fingerprint density at radius 2 is 2.21 bits per heavy atom. The van der Waals surface area contributed by atoms with E-state index in [1.807, 2.05) is 6.92 Å². The zero-order valence-corrected chi connectivity index (χ0v) is 11.4. The molecule has 1 aliphatic carbocycles. The first-order valence-electron chi connectivity index (χ1n) is 6.25. The third kappa shape index (κ3) is 2.63. The van der Waals surface area contributed by atoms with Crippen LogP contribution in [0.4, 0.5) is 5.95 Å². The van der Waals surface area contributed by atoms with Crippen LogP contribution in [0.15, 0.2) is 18.5 Å². The fourth-order valence-corrected chi connectivity index (χ4v) is 3.37. The quantitative estimate of drug-likeness (QED) is 0.909. The Kier molecular flexibility index (Phi) is 3.25. The highest BCUT2D eigenvalue weighted by molar-refractivity contribution is 7.11. The number of amides is 1. The number of fused-ring (bicyclic) bond motifs is 1. The van der Waals surface area contributed by atoms with Gasteiger partial charge < -0.3 is 0 Å². The summed E-state index contributed by atoms with van der Waals surface area (Å²) in [5.41, 5.74) is 1.17. The standard InChI is InChI=1S/C13H14N4OS/c1-8-16-10-4-3-9(7-11(10)19-8)12(18)17-13-14-5-2-6-15-13/h2,5-6,9H,3-4,7H2,1H3,(H,14,15,17,18). The SMILES string of the molecule is Cc1nc2c(s1)CC(C(=O)Nc1ncccn1)CC2. The van der Waals surface area contributed by atoms with E-state index >= 15 is 0 Å². The molecule has 1 N–H and O–H groups in total. The predicted molar refractivity (Wildman–Crippen MR) is 73.0 cm³/mol. The van der Waals surface area contributed by atoms with Crippen molar-refractivity contribution in [3.63, 3.8) is 0 Å². The third-order valence-electron chi connectivity index (χ3n) is 3.22. The summed E-state index contributed by atoms with van der Waals surface area (Å²) in [6.45, 7) is 2.01. The molecule has 0 fully saturated rings. The van der Waals surface area contributed by atoms with Gasteiger partial charge in [-0.05, 0) is 32.3 Å². The normalized spacial score (nSPS) is 17.8. The van der Waals surface area contributed by atoms with Gasteiger partial charge in [0.05, 0.1) is 10.7 Å². The van der Waals surface area contributed by atoms with Crippen LogP contribution in [0.5, 0.6) is 0 Å². The Hall–Kier alpha value is -1.82. The van der Waals surface area contributed by atoms with Gasteiger partial charge in [0.2, 0.25) is 11.9 Å². The maximum Gasteiger partial charge on any atom is 0.230 e. The van der Waals surface area contributed by atoms with E-state index in [0.717, 1.165) is 24.3 Å². The average molecular weight is 274 g/mol. The number of hydrogen-bond donors (Lipinski definition) is 1. The molecule has 0 saturated carbocycles. The molecule has 1 aliphatic rings. The second-order valence-corrected chi connectivity index (χ2v) is 5.89. The summed E-state index contributed by atoms with van der Waals surface area (Å²) in [6, 6.07) is 1.72. The summed E-state index contributed by atoms with van der Waals surface area (Å²) in [7, 11) is 0. The molecule has 2 aromatic heterocycles. The van der Waals surface area contributed by atoms with Crippen LogP contribution in [0.3, 0.4) is 0 Å². The van der Waals surface area contributed by atoms with Gasteiger partial charge in [-0.3, -0.25) is 10.1 Å². The number of thiazole rings is 1. The van der Waals surface area contributed by atoms with Crippen LogP contribution in [0.2, 0.25) is 0 Å². The zero-order valence-electron chi connectivity index (χ0n) is 10.6. The van der Waals surface area contributed by atoms with Crippen LogP contribution < -0.4 is 5.32 Å². The summed E-state index contributed by atoms with van der Waals surface area (Å²) in [6.07, 6.45) is 5.74. The van der Waals surface area contributed by atoms with Crippen molar-refractivity contribution in [1.29, 1.82) is 0 Å². The van der Waals surface area contributed by atoms with Crippen LogP contribution in [0, 0.1) is 12.8 Å². The summed E-state index contributed by atoms with van der Waals surface area (Å²) >= 11 is 1.70. The van der Waals surface area contributed by atoms with Crippen molar-refractivity contribution >= 4 is 23.2 Å². The molecule has 1 atom stereocenters. The molecule has 0 spiro atoms. The van der Waals surface area contributed by atoms with E-state index in [1.165, 1.54) is 10.6 Å². The lowest BCUT2D eigenvalue weighted by atomic mass is 9.90. The fourth-order valence-electron chi connectivity index (χ4n) is 2.30. The van der Waals surface area contributed by atoms with Crippen molar-refractivity contribution in [3.05, 3.63) is 34.0 Å². The molecule has 98 valence electrons. The fraction of sp³-hybridized carbons (Fsp3) is 0.385. The maximum atomic E-state index is 12.2. The van der Waals surface area contributed by atoms with Crippen LogP contribution in [-0.2, 0) is 17.6 Å². The van der Waals surface area contributed by atoms with Gasteiger partial charge in [0.1, 0.15) is 0 Å². The van der Waals surface area contributed by atoms with Gasteiger partial charge in [0.25, 0.3) is 0 Å². The maximum absolute atomic E-state index is 12.2. The second kappa shape index (κ2) is 5.05. The minimum Gasteiger partial charge on any atom is -0.294 e. The molecule has 0 saturated heterocycles. The van der Waals surface area contributed by atoms with E-state index in [-0.39, 0.29) is 11.8 Å². The molecule has 0 bridgehead atoms. The number of carbonyl (C=O) groups is 1. The first-order chi connectivity index (χ1) is 9.22. The van der Waals surface area contributed by atoms with Crippen molar-refractivity contribution in [2.24, 2.45) is 5.92 Å². The van der Waals surface area contributed by atoms with Crippen LogP contribution in [0.25, 0.3) is 0 Å². The molecule has 0 aliphatic heterocycles. The average Bonchev–Trinajstić information content (AvgIpc) is 2.78. The third-order valence-corrected chi connectivity index (χ3v) is 4.25. The lowest BCUT2D eigenvalue weighted by molar-refractivity contribution is -0.120. The Bertz CT molecular complexity index is 596. The number of nitrogens with one attached hydrogen (secondary N) is 1. The largest absolute Gasteiger partial charge is 0.294 e. The van der Waals surface area contributed by atoms with Crippen molar-refractivity contribution in [2.75, 3.05) is 5.32 Å². The Balaban J connectivity index is 1.69. The zero-order chi connectivity index (χ0) is 13.2. The molecule has 6 heteroatoms. The summed E-state index contributed by atoms with van der Waals surface area (Å²) < 4.78 is 0. The van der Waals surface area contributed by atoms with E-state index < -0.39 is 0 Å². The molecular weight excluding hydrogens is 260 g/mol. The highest BCUT2D eigenvalue weighted by Crippen LogP contribution is 2.30. The van der Waals surface area contributed by atoms with Crippen molar-refractivity contribution in [2.45, 2.75) is 26.2 Å². The minimum atomic E-state index is -0.00356. The lowest BCUT2D eigenvalue weighted by Crippen LogP contribution is -2.28. The number of anilines is 1. The molecule has 2 aromatic rings. The summed E-state index contributed by atoms with van der Waals surface area (Å²) in [5, 5.41) is 3.85. The van der Waals surface area contributed by atoms with Gasteiger partial charge in [-0.25, -0.2) is 15.0 Å². The minimum absolute atomic E-state index is 0.00269. The van der Waals surface area contributed by atoms with Gasteiger partial charge in [-0.1, -0.05) is 0 Å². The first kappa shape index (κ1) is 12.2. The van der Waals surface area contributed by atoms with Gasteiger partial charge in [-0.2, -0.15) is 0 Å². The molecule has 2 heterocycles. The highest BCUT2D eigenvalue weighted by Gasteiger charge is 2.27. The molecular formula is C13H14N4OS. The number of aryl methyl sites for hydroxylation is 2. The Labute approximate surface area is 115 Å². The number of aromatic nitrogens is 3. The van der Waals surface area contributed by atoms with Gasteiger partial charge in [0.15, 0.2) is 0 Å². The predicted octanol–water partition coefficient (Wildman–Crippen LogP) is 1.99. The molecule has 1 amide bonds. The van der Waals surface area contributed by atoms with Crippen molar-refractivity contribution in [3.8, 4) is 0 Å². The molecule has 1 unspecified atom stereocenters. The molecule has 19 heavy (non-hydrogen) atoms. The van der Waals surface area contributed by atoms with E-state index in [1.54, 1.807) is 29.8 Å². The van der Waals surface area contributed by atoms with Gasteiger partial charge in [-0.15, -0.1) is 11.3 Å². The number of nitrogens with zero attached hydrogens (tertiary/aromatic N) is 3. The lowest BCUT2D eigenvalue weighted by Gasteiger charge is -2.19. The van der Waals surface area contributed by atoms with Gasteiger partial charge in [0, 0.05) is 23.2 Å². The van der Waals surface area contributed by atoms with E-state index in [9.17, 15) is 4.79 Å². The molecule has 0 radical (unpaired) electrons. The van der Waals surface area contributed by atoms with Gasteiger partial charge >= 0.3 is 0 Å². The van der Waals surface area contributed by atoms with E-state index in [0.29, 0.717) is 5.95 Å².